The van der Waals surface area contributed by atoms with E-state index in [4.69, 9.17) is 23.2 Å². The summed E-state index contributed by atoms with van der Waals surface area (Å²) < 4.78 is 0. The molecule has 0 bridgehead atoms. The fraction of sp³-hybridized carbons (Fsp3) is 0.111. The van der Waals surface area contributed by atoms with Crippen LogP contribution in [0.5, 0.6) is 0 Å². The molecule has 1 aromatic rings. The molecule has 0 aromatic heterocycles. The molecular weight excluding hydrogens is 259 g/mol. The molecule has 1 aromatic carbocycles. The Kier molecular flexibility index (Phi) is 4.13. The maximum Gasteiger partial charge on any atom is 0.0598 e. The summed E-state index contributed by atoms with van der Waals surface area (Å²) in [5.41, 5.74) is 1.06. The lowest BCUT2D eigenvalue weighted by molar-refractivity contribution is 1.65. The molecule has 0 heterocycles. The number of hydrogen-bond acceptors (Lipinski definition) is 0. The van der Waals surface area contributed by atoms with Gasteiger partial charge >= 0.3 is 0 Å². The lowest BCUT2D eigenvalue weighted by Crippen LogP contribution is -1.73. The summed E-state index contributed by atoms with van der Waals surface area (Å²) in [6.07, 6.45) is 3.98. The van der Waals surface area contributed by atoms with E-state index in [1.165, 1.54) is 0 Å². The monoisotopic (exact) mass is 264 g/mol. The van der Waals surface area contributed by atoms with Crippen molar-refractivity contribution in [2.24, 2.45) is 0 Å². The third-order valence-corrected chi connectivity index (χ3v) is 2.46. The Morgan fingerprint density at radius 2 is 2.00 bits per heavy atom. The van der Waals surface area contributed by atoms with Crippen molar-refractivity contribution in [1.82, 2.24) is 0 Å². The summed E-state index contributed by atoms with van der Waals surface area (Å²) in [5, 5.41) is 2.02. The van der Waals surface area contributed by atoms with E-state index in [1.807, 2.05) is 24.3 Å². The fourth-order valence-corrected chi connectivity index (χ4v) is 1.29. The summed E-state index contributed by atoms with van der Waals surface area (Å²) in [6, 6.07) is 5.55. The van der Waals surface area contributed by atoms with Gasteiger partial charge in [0, 0.05) is 5.33 Å². The quantitative estimate of drug-likeness (QED) is 0.696. The molecule has 0 amide bonds. The third-order valence-electron chi connectivity index (χ3n) is 1.34. The minimum Gasteiger partial charge on any atom is -0.0883 e. The number of hydrogen-bond donors (Lipinski definition) is 0. The molecule has 0 aliphatic carbocycles. The second kappa shape index (κ2) is 4.90. The molecular formula is C9H7BrCl2. The predicted molar refractivity (Wildman–Crippen MR) is 59.3 cm³/mol. The Morgan fingerprint density at radius 1 is 1.25 bits per heavy atom. The highest BCUT2D eigenvalue weighted by atomic mass is 79.9. The summed E-state index contributed by atoms with van der Waals surface area (Å²) in [7, 11) is 0. The highest BCUT2D eigenvalue weighted by Crippen LogP contribution is 2.22. The molecule has 0 saturated carbocycles. The van der Waals surface area contributed by atoms with Crippen LogP contribution < -0.4 is 0 Å². The van der Waals surface area contributed by atoms with Crippen molar-refractivity contribution in [1.29, 1.82) is 0 Å². The molecule has 12 heavy (non-hydrogen) atoms. The van der Waals surface area contributed by atoms with Crippen molar-refractivity contribution < 1.29 is 0 Å². The van der Waals surface area contributed by atoms with Crippen molar-refractivity contribution in [3.8, 4) is 0 Å². The van der Waals surface area contributed by atoms with E-state index in [-0.39, 0.29) is 0 Å². The first-order valence-corrected chi connectivity index (χ1v) is 5.29. The SMILES string of the molecule is Clc1ccc(C=CCBr)cc1Cl. The molecule has 0 saturated heterocycles. The van der Waals surface area contributed by atoms with E-state index >= 15 is 0 Å². The van der Waals surface area contributed by atoms with Gasteiger partial charge in [0.1, 0.15) is 0 Å². The maximum atomic E-state index is 5.82. The van der Waals surface area contributed by atoms with Gasteiger partial charge in [-0.2, -0.15) is 0 Å². The largest absolute Gasteiger partial charge is 0.0883 e. The van der Waals surface area contributed by atoms with Gasteiger partial charge in [-0.1, -0.05) is 57.4 Å². The Hall–Kier alpha value is 0.0200. The van der Waals surface area contributed by atoms with Crippen LogP contribution in [0.4, 0.5) is 0 Å². The van der Waals surface area contributed by atoms with E-state index in [0.29, 0.717) is 10.0 Å². The van der Waals surface area contributed by atoms with E-state index in [0.717, 1.165) is 10.9 Å². The normalized spacial score (nSPS) is 10.9. The second-order valence-electron chi connectivity index (χ2n) is 2.23. The van der Waals surface area contributed by atoms with Gasteiger partial charge in [-0.25, -0.2) is 0 Å². The van der Waals surface area contributed by atoms with Gasteiger partial charge in [0.2, 0.25) is 0 Å². The number of benzene rings is 1. The van der Waals surface area contributed by atoms with Crippen LogP contribution in [0.1, 0.15) is 5.56 Å². The molecule has 0 fully saturated rings. The molecule has 0 N–H and O–H groups in total. The first-order chi connectivity index (χ1) is 5.74. The average molecular weight is 266 g/mol. The third kappa shape index (κ3) is 2.81. The molecule has 1 rings (SSSR count). The topological polar surface area (TPSA) is 0 Å². The smallest absolute Gasteiger partial charge is 0.0598 e. The summed E-state index contributed by atoms with van der Waals surface area (Å²) in [4.78, 5) is 0. The predicted octanol–water partition coefficient (Wildman–Crippen LogP) is 4.40. The van der Waals surface area contributed by atoms with Crippen LogP contribution in [0.15, 0.2) is 24.3 Å². The zero-order valence-electron chi connectivity index (χ0n) is 6.23. The van der Waals surface area contributed by atoms with Crippen LogP contribution >= 0.6 is 39.1 Å². The van der Waals surface area contributed by atoms with Crippen LogP contribution in [0, 0.1) is 0 Å². The number of halogens is 3. The van der Waals surface area contributed by atoms with E-state index < -0.39 is 0 Å². The van der Waals surface area contributed by atoms with Gasteiger partial charge in [0.25, 0.3) is 0 Å². The minimum absolute atomic E-state index is 0.590. The van der Waals surface area contributed by atoms with E-state index in [9.17, 15) is 0 Å². The zero-order valence-corrected chi connectivity index (χ0v) is 9.33. The fourth-order valence-electron chi connectivity index (χ4n) is 0.797. The first kappa shape index (κ1) is 10.1. The number of rotatable bonds is 2. The number of allylic oxidation sites excluding steroid dienone is 1. The highest BCUT2D eigenvalue weighted by molar-refractivity contribution is 9.09. The molecule has 0 nitrogen and oxygen atoms in total. The standard InChI is InChI=1S/C9H7BrCl2/c10-5-1-2-7-3-4-8(11)9(12)6-7/h1-4,6H,5H2. The first-order valence-electron chi connectivity index (χ1n) is 3.41. The van der Waals surface area contributed by atoms with Crippen molar-refractivity contribution in [2.75, 3.05) is 5.33 Å². The van der Waals surface area contributed by atoms with Crippen LogP contribution in [0.25, 0.3) is 6.08 Å². The van der Waals surface area contributed by atoms with Crippen LogP contribution in [-0.4, -0.2) is 5.33 Å². The highest BCUT2D eigenvalue weighted by Gasteiger charge is 1.95. The van der Waals surface area contributed by atoms with Gasteiger partial charge in [0.15, 0.2) is 0 Å². The molecule has 0 radical (unpaired) electrons. The van der Waals surface area contributed by atoms with Crippen LogP contribution in [0.2, 0.25) is 10.0 Å². The molecule has 0 atom stereocenters. The molecule has 0 spiro atoms. The van der Waals surface area contributed by atoms with Crippen LogP contribution in [0.3, 0.4) is 0 Å². The van der Waals surface area contributed by atoms with Gasteiger partial charge in [-0.15, -0.1) is 0 Å². The lowest BCUT2D eigenvalue weighted by atomic mass is 10.2. The Balaban J connectivity index is 2.89. The van der Waals surface area contributed by atoms with Gasteiger partial charge < -0.3 is 0 Å². The molecule has 0 aliphatic rings. The maximum absolute atomic E-state index is 5.82. The molecule has 0 aliphatic heterocycles. The van der Waals surface area contributed by atoms with Crippen molar-refractivity contribution in [3.05, 3.63) is 39.9 Å². The van der Waals surface area contributed by atoms with Crippen molar-refractivity contribution in [3.63, 3.8) is 0 Å². The summed E-state index contributed by atoms with van der Waals surface area (Å²) in [6.45, 7) is 0. The Morgan fingerprint density at radius 3 is 2.58 bits per heavy atom. The molecule has 0 unspecified atom stereocenters. The zero-order chi connectivity index (χ0) is 8.97. The van der Waals surface area contributed by atoms with Crippen molar-refractivity contribution in [2.45, 2.75) is 0 Å². The van der Waals surface area contributed by atoms with Gasteiger partial charge in [0.05, 0.1) is 10.0 Å². The Bertz CT molecular complexity index is 295. The van der Waals surface area contributed by atoms with E-state index in [1.54, 1.807) is 6.07 Å². The summed E-state index contributed by atoms with van der Waals surface area (Å²) in [5.74, 6) is 0. The van der Waals surface area contributed by atoms with Gasteiger partial charge in [-0.05, 0) is 17.7 Å². The Labute approximate surface area is 90.3 Å². The van der Waals surface area contributed by atoms with Crippen LogP contribution in [-0.2, 0) is 0 Å². The second-order valence-corrected chi connectivity index (χ2v) is 3.69. The average Bonchev–Trinajstić information content (AvgIpc) is 2.07. The number of alkyl halides is 1. The van der Waals surface area contributed by atoms with E-state index in [2.05, 4.69) is 15.9 Å². The lowest BCUT2D eigenvalue weighted by Gasteiger charge is -1.96. The molecule has 64 valence electrons. The van der Waals surface area contributed by atoms with Crippen molar-refractivity contribution >= 4 is 45.2 Å². The summed E-state index contributed by atoms with van der Waals surface area (Å²) >= 11 is 14.9. The molecule has 3 heteroatoms. The minimum atomic E-state index is 0.590. The van der Waals surface area contributed by atoms with Gasteiger partial charge in [-0.3, -0.25) is 0 Å².